The topological polar surface area (TPSA) is 87.7 Å². The molecule has 2 heterocycles. The van der Waals surface area contributed by atoms with Crippen molar-refractivity contribution in [2.45, 2.75) is 24.9 Å². The van der Waals surface area contributed by atoms with Crippen LogP contribution in [0.1, 0.15) is 12.8 Å². The summed E-state index contributed by atoms with van der Waals surface area (Å²) in [6, 6.07) is 3.79. The Kier molecular flexibility index (Phi) is 7.99. The summed E-state index contributed by atoms with van der Waals surface area (Å²) < 4.78 is 56.4. The molecule has 2 unspecified atom stereocenters. The Morgan fingerprint density at radius 1 is 1.31 bits per heavy atom. The van der Waals surface area contributed by atoms with Gasteiger partial charge in [-0.3, -0.25) is 0 Å². The van der Waals surface area contributed by atoms with Gasteiger partial charge in [-0.25, -0.2) is 0 Å². The van der Waals surface area contributed by atoms with Crippen molar-refractivity contribution >= 4 is 30.8 Å². The number of alkyl halides is 3. The minimum absolute atomic E-state index is 0.0648. The van der Waals surface area contributed by atoms with E-state index in [9.17, 15) is 32.3 Å². The van der Waals surface area contributed by atoms with Gasteiger partial charge in [-0.2, -0.15) is 0 Å². The predicted octanol–water partition coefficient (Wildman–Crippen LogP) is 4.10. The fraction of sp³-hybridized carbons (Fsp3) is 0.391. The fourth-order valence-electron chi connectivity index (χ4n) is 4.53. The first-order valence-corrected chi connectivity index (χ1v) is 13.6. The number of amides is 2. The maximum atomic E-state index is 13.5. The number of halogens is 5. The standard InChI is InChI=1S/C23H26ClF4N2O4P/c1-14(3-4-15(2)23(26,27)28)11-29-21(33)22-7-8-35(13-22,20(32)10-22)30-19(31)12-34-16-5-6-17(24)18(25)9-16/h3-6,9,20,32,35H,1-2,7-8,10-13H2,(H,29,33)(H,30,31)/b4-3-. The number of nitrogens with one attached hydrogen (secondary N) is 2. The Balaban J connectivity index is 1.53. The Morgan fingerprint density at radius 2 is 2.03 bits per heavy atom. The number of hydrogen-bond acceptors (Lipinski definition) is 4. The molecule has 2 amide bonds. The molecular weight excluding hydrogens is 511 g/mol. The monoisotopic (exact) mass is 536 g/mol. The molecule has 12 heteroatoms. The maximum absolute atomic E-state index is 13.5. The summed E-state index contributed by atoms with van der Waals surface area (Å²) in [6.45, 7) is 6.12. The third-order valence-electron chi connectivity index (χ3n) is 6.42. The van der Waals surface area contributed by atoms with E-state index in [1.165, 1.54) is 12.1 Å². The number of carbonyl (C=O) groups is 2. The summed E-state index contributed by atoms with van der Waals surface area (Å²) in [5, 5.41) is 16.2. The number of allylic oxidation sites excluding steroid dienone is 2. The zero-order valence-corrected chi connectivity index (χ0v) is 20.4. The van der Waals surface area contributed by atoms with Crippen molar-refractivity contribution < 1.29 is 37.0 Å². The molecule has 3 rings (SSSR count). The minimum atomic E-state index is -4.54. The average molecular weight is 537 g/mol. The molecule has 2 atom stereocenters. The van der Waals surface area contributed by atoms with Gasteiger partial charge in [0.2, 0.25) is 0 Å². The van der Waals surface area contributed by atoms with Crippen LogP contribution in [-0.2, 0) is 9.59 Å². The second-order valence-corrected chi connectivity index (χ2v) is 13.4. The van der Waals surface area contributed by atoms with Gasteiger partial charge in [0.05, 0.1) is 0 Å². The number of fused-ring (bicyclic) bond motifs is 2. The van der Waals surface area contributed by atoms with Crippen LogP contribution < -0.4 is 15.1 Å². The summed E-state index contributed by atoms with van der Waals surface area (Å²) in [4.78, 5) is 25.4. The van der Waals surface area contributed by atoms with Gasteiger partial charge in [-0.1, -0.05) is 0 Å². The molecule has 0 aliphatic carbocycles. The quantitative estimate of drug-likeness (QED) is 0.252. The van der Waals surface area contributed by atoms with Crippen LogP contribution in [0.25, 0.3) is 0 Å². The molecule has 2 aliphatic rings. The second-order valence-electron chi connectivity index (χ2n) is 8.94. The van der Waals surface area contributed by atoms with Crippen LogP contribution in [0.5, 0.6) is 5.75 Å². The molecule has 6 nitrogen and oxygen atoms in total. The van der Waals surface area contributed by atoms with Crippen molar-refractivity contribution in [2.75, 3.05) is 25.5 Å². The Bertz CT molecular complexity index is 1080. The molecule has 0 radical (unpaired) electrons. The first-order valence-electron chi connectivity index (χ1n) is 10.7. The summed E-state index contributed by atoms with van der Waals surface area (Å²) in [5.41, 5.74) is -1.64. The van der Waals surface area contributed by atoms with E-state index in [1.54, 1.807) is 0 Å². The SMILES string of the molecule is C=C(/C=C\C(=C)C(F)(F)F)CNC(=O)C12CC[PH](NC(=O)COc3ccc(Cl)c(F)c3)(C1)C(O)C2. The van der Waals surface area contributed by atoms with Crippen LogP contribution in [-0.4, -0.2) is 54.4 Å². The summed E-state index contributed by atoms with van der Waals surface area (Å²) in [5.74, 6) is -2.21. The third kappa shape index (κ3) is 6.23. The van der Waals surface area contributed by atoms with Gasteiger partial charge in [-0.05, 0) is 0 Å². The normalized spacial score (nSPS) is 23.7. The van der Waals surface area contributed by atoms with Gasteiger partial charge in [0.25, 0.3) is 0 Å². The number of aliphatic hydroxyl groups is 1. The predicted molar refractivity (Wildman–Crippen MR) is 127 cm³/mol. The molecule has 192 valence electrons. The van der Waals surface area contributed by atoms with Crippen LogP contribution in [0.2, 0.25) is 5.02 Å². The van der Waals surface area contributed by atoms with Gasteiger partial charge in [0, 0.05) is 0 Å². The van der Waals surface area contributed by atoms with E-state index in [0.29, 0.717) is 18.7 Å². The van der Waals surface area contributed by atoms with Crippen molar-refractivity contribution in [1.82, 2.24) is 10.4 Å². The summed E-state index contributed by atoms with van der Waals surface area (Å²) >= 11 is 5.62. The average Bonchev–Trinajstić information content (AvgIpc) is 3.29. The molecule has 0 saturated carbocycles. The first-order chi connectivity index (χ1) is 16.3. The number of aliphatic hydroxyl groups excluding tert-OH is 1. The van der Waals surface area contributed by atoms with Gasteiger partial charge >= 0.3 is 205 Å². The number of carbonyl (C=O) groups excluding carboxylic acids is 2. The Labute approximate surface area is 205 Å². The van der Waals surface area contributed by atoms with E-state index in [1.807, 2.05) is 0 Å². The van der Waals surface area contributed by atoms with Crippen molar-refractivity contribution in [3.05, 3.63) is 65.5 Å². The Hall–Kier alpha value is -2.42. The summed E-state index contributed by atoms with van der Waals surface area (Å²) in [6.07, 6.45) is -1.14. The molecule has 2 saturated heterocycles. The van der Waals surface area contributed by atoms with E-state index >= 15 is 0 Å². The fourth-order valence-corrected chi connectivity index (χ4v) is 9.79. The molecule has 35 heavy (non-hydrogen) atoms. The van der Waals surface area contributed by atoms with Crippen LogP contribution in [0.3, 0.4) is 0 Å². The van der Waals surface area contributed by atoms with Crippen molar-refractivity contribution in [3.8, 4) is 5.75 Å². The van der Waals surface area contributed by atoms with E-state index < -0.39 is 48.8 Å². The molecule has 2 aliphatic heterocycles. The van der Waals surface area contributed by atoms with Crippen LogP contribution >= 0.6 is 19.0 Å². The number of benzene rings is 1. The number of ether oxygens (including phenoxy) is 1. The second kappa shape index (κ2) is 10.3. The third-order valence-corrected chi connectivity index (χ3v) is 11.4. The van der Waals surface area contributed by atoms with Crippen LogP contribution in [0.4, 0.5) is 17.6 Å². The van der Waals surface area contributed by atoms with E-state index in [4.69, 9.17) is 16.3 Å². The van der Waals surface area contributed by atoms with Crippen LogP contribution in [0.15, 0.2) is 54.7 Å². The van der Waals surface area contributed by atoms with Gasteiger partial charge in [0.1, 0.15) is 0 Å². The molecular formula is C23H26ClF4N2O4P. The zero-order valence-electron chi connectivity index (χ0n) is 18.7. The van der Waals surface area contributed by atoms with Gasteiger partial charge < -0.3 is 0 Å². The molecule has 0 spiro atoms. The van der Waals surface area contributed by atoms with Crippen molar-refractivity contribution in [1.29, 1.82) is 0 Å². The number of rotatable bonds is 9. The Morgan fingerprint density at radius 3 is 2.66 bits per heavy atom. The molecule has 1 aromatic carbocycles. The molecule has 1 aromatic rings. The molecule has 0 aromatic heterocycles. The van der Waals surface area contributed by atoms with Gasteiger partial charge in [0.15, 0.2) is 0 Å². The number of hydrogen-bond donors (Lipinski definition) is 3. The van der Waals surface area contributed by atoms with Crippen LogP contribution in [0, 0.1) is 11.2 Å². The zero-order chi connectivity index (χ0) is 26.0. The van der Waals surface area contributed by atoms with Crippen molar-refractivity contribution in [3.63, 3.8) is 0 Å². The molecule has 2 fully saturated rings. The van der Waals surface area contributed by atoms with Gasteiger partial charge in [-0.15, -0.1) is 0 Å². The van der Waals surface area contributed by atoms with E-state index in [0.717, 1.165) is 18.2 Å². The first kappa shape index (κ1) is 27.2. The van der Waals surface area contributed by atoms with Crippen molar-refractivity contribution in [2.24, 2.45) is 5.41 Å². The summed E-state index contributed by atoms with van der Waals surface area (Å²) in [7, 11) is -2.75. The molecule has 2 bridgehead atoms. The molecule has 3 N–H and O–H groups in total. The van der Waals surface area contributed by atoms with E-state index in [2.05, 4.69) is 23.6 Å². The van der Waals surface area contributed by atoms with E-state index in [-0.39, 0.29) is 35.2 Å².